The van der Waals surface area contributed by atoms with Crippen molar-refractivity contribution in [1.29, 1.82) is 0 Å². The van der Waals surface area contributed by atoms with Gasteiger partial charge in [-0.1, -0.05) is 13.8 Å². The van der Waals surface area contributed by atoms with Crippen LogP contribution in [0.5, 0.6) is 0 Å². The predicted octanol–water partition coefficient (Wildman–Crippen LogP) is 2.30. The highest BCUT2D eigenvalue weighted by Crippen LogP contribution is 2.19. The van der Waals surface area contributed by atoms with E-state index in [1.54, 1.807) is 0 Å². The number of hydrogen-bond acceptors (Lipinski definition) is 4. The van der Waals surface area contributed by atoms with Crippen molar-refractivity contribution >= 4 is 0 Å². The van der Waals surface area contributed by atoms with Gasteiger partial charge in [0.15, 0.2) is 0 Å². The maximum Gasteiger partial charge on any atom is 0.122 e. The zero-order valence-electron chi connectivity index (χ0n) is 13.4. The molecule has 1 saturated heterocycles. The van der Waals surface area contributed by atoms with Crippen LogP contribution in [0.15, 0.2) is 16.7 Å². The minimum Gasteiger partial charge on any atom is -0.468 e. The number of nitrogens with zero attached hydrogens (tertiary/aromatic N) is 2. The lowest BCUT2D eigenvalue weighted by Crippen LogP contribution is -2.41. The summed E-state index contributed by atoms with van der Waals surface area (Å²) in [7, 11) is 4.43. The molecule has 114 valence electrons. The zero-order chi connectivity index (χ0) is 14.5. The number of furan rings is 1. The summed E-state index contributed by atoms with van der Waals surface area (Å²) in [6.07, 6.45) is 4.33. The Hall–Kier alpha value is -0.840. The molecule has 1 aliphatic heterocycles. The minimum atomic E-state index is 0.504. The molecular formula is C16H29N3O. The van der Waals surface area contributed by atoms with E-state index in [4.69, 9.17) is 4.42 Å². The largest absolute Gasteiger partial charge is 0.468 e. The van der Waals surface area contributed by atoms with Crippen LogP contribution in [0, 0.1) is 0 Å². The summed E-state index contributed by atoms with van der Waals surface area (Å²) in [4.78, 5) is 4.86. The molecule has 1 fully saturated rings. The third-order valence-electron chi connectivity index (χ3n) is 4.24. The molecule has 4 heteroatoms. The van der Waals surface area contributed by atoms with Crippen LogP contribution in [-0.2, 0) is 13.1 Å². The molecule has 1 aromatic heterocycles. The van der Waals surface area contributed by atoms with Crippen molar-refractivity contribution in [3.63, 3.8) is 0 Å². The van der Waals surface area contributed by atoms with Gasteiger partial charge in [-0.05, 0) is 46.1 Å². The van der Waals surface area contributed by atoms with E-state index in [1.807, 2.05) is 6.26 Å². The Kier molecular flexibility index (Phi) is 5.64. The molecule has 0 atom stereocenters. The Morgan fingerprint density at radius 2 is 2.10 bits per heavy atom. The van der Waals surface area contributed by atoms with Crippen LogP contribution < -0.4 is 5.32 Å². The fourth-order valence-corrected chi connectivity index (χ4v) is 2.77. The lowest BCUT2D eigenvalue weighted by molar-refractivity contribution is 0.132. The van der Waals surface area contributed by atoms with E-state index in [0.29, 0.717) is 12.1 Å². The van der Waals surface area contributed by atoms with E-state index in [1.165, 1.54) is 31.5 Å². The van der Waals surface area contributed by atoms with Crippen LogP contribution in [0.2, 0.25) is 0 Å². The maximum atomic E-state index is 5.69. The van der Waals surface area contributed by atoms with Crippen molar-refractivity contribution in [3.05, 3.63) is 23.7 Å². The van der Waals surface area contributed by atoms with Crippen LogP contribution in [0.1, 0.15) is 38.0 Å². The molecule has 2 rings (SSSR count). The van der Waals surface area contributed by atoms with Crippen LogP contribution in [-0.4, -0.2) is 49.1 Å². The Balaban J connectivity index is 1.87. The molecular weight excluding hydrogens is 250 g/mol. The molecule has 0 bridgehead atoms. The molecule has 0 saturated carbocycles. The first-order valence-corrected chi connectivity index (χ1v) is 7.73. The van der Waals surface area contributed by atoms with Gasteiger partial charge in [0.05, 0.1) is 12.8 Å². The van der Waals surface area contributed by atoms with Crippen LogP contribution in [0.4, 0.5) is 0 Å². The molecule has 1 aromatic rings. The number of nitrogens with one attached hydrogen (secondary N) is 1. The van der Waals surface area contributed by atoms with Crippen LogP contribution in [0.3, 0.4) is 0 Å². The fourth-order valence-electron chi connectivity index (χ4n) is 2.77. The minimum absolute atomic E-state index is 0.504. The van der Waals surface area contributed by atoms with Gasteiger partial charge in [0.25, 0.3) is 0 Å². The highest BCUT2D eigenvalue weighted by molar-refractivity contribution is 5.17. The van der Waals surface area contributed by atoms with E-state index in [2.05, 4.69) is 49.1 Å². The van der Waals surface area contributed by atoms with Gasteiger partial charge in [-0.25, -0.2) is 0 Å². The lowest BCUT2D eigenvalue weighted by atomic mass is 10.0. The second-order valence-corrected chi connectivity index (χ2v) is 6.35. The Morgan fingerprint density at radius 3 is 2.75 bits per heavy atom. The topological polar surface area (TPSA) is 31.7 Å². The van der Waals surface area contributed by atoms with E-state index >= 15 is 0 Å². The number of piperidine rings is 1. The molecule has 20 heavy (non-hydrogen) atoms. The van der Waals surface area contributed by atoms with Crippen molar-refractivity contribution < 1.29 is 4.42 Å². The zero-order valence-corrected chi connectivity index (χ0v) is 13.4. The quantitative estimate of drug-likeness (QED) is 0.866. The summed E-state index contributed by atoms with van der Waals surface area (Å²) in [6, 6.07) is 3.28. The summed E-state index contributed by atoms with van der Waals surface area (Å²) in [5.74, 6) is 1.11. The Labute approximate surface area is 123 Å². The predicted molar refractivity (Wildman–Crippen MR) is 82.7 cm³/mol. The third kappa shape index (κ3) is 4.33. The first-order valence-electron chi connectivity index (χ1n) is 7.73. The second kappa shape index (κ2) is 7.25. The first-order chi connectivity index (χ1) is 9.56. The smallest absolute Gasteiger partial charge is 0.122 e. The molecule has 0 aromatic carbocycles. The molecule has 0 spiro atoms. The lowest BCUT2D eigenvalue weighted by Gasteiger charge is -2.34. The van der Waals surface area contributed by atoms with Gasteiger partial charge >= 0.3 is 0 Å². The second-order valence-electron chi connectivity index (χ2n) is 6.35. The van der Waals surface area contributed by atoms with E-state index < -0.39 is 0 Å². The molecule has 4 nitrogen and oxygen atoms in total. The number of hydrogen-bond donors (Lipinski definition) is 1. The summed E-state index contributed by atoms with van der Waals surface area (Å²) in [6.45, 7) is 8.56. The standard InChI is InChI=1S/C16H29N3O/c1-13(2)17-11-14-7-10-20-16(14)12-19(4)15-5-8-18(3)9-6-15/h7,10,13,15,17H,5-6,8-9,11-12H2,1-4H3. The van der Waals surface area contributed by atoms with Crippen molar-refractivity contribution in [2.75, 3.05) is 27.2 Å². The van der Waals surface area contributed by atoms with Gasteiger partial charge < -0.3 is 14.6 Å². The molecule has 0 unspecified atom stereocenters. The average molecular weight is 279 g/mol. The molecule has 0 aliphatic carbocycles. The summed E-state index contributed by atoms with van der Waals surface area (Å²) in [5, 5.41) is 3.46. The third-order valence-corrected chi connectivity index (χ3v) is 4.24. The monoisotopic (exact) mass is 279 g/mol. The summed E-state index contributed by atoms with van der Waals surface area (Å²) in [5.41, 5.74) is 1.29. The molecule has 0 radical (unpaired) electrons. The SMILES string of the molecule is CC(C)NCc1ccoc1CN(C)C1CCN(C)CC1. The van der Waals surface area contributed by atoms with Crippen molar-refractivity contribution in [1.82, 2.24) is 15.1 Å². The highest BCUT2D eigenvalue weighted by Gasteiger charge is 2.21. The normalized spacial score (nSPS) is 18.3. The average Bonchev–Trinajstić information content (AvgIpc) is 2.84. The van der Waals surface area contributed by atoms with Gasteiger partial charge in [0.1, 0.15) is 5.76 Å². The molecule has 1 aliphatic rings. The van der Waals surface area contributed by atoms with E-state index in [9.17, 15) is 0 Å². The van der Waals surface area contributed by atoms with Crippen LogP contribution in [0.25, 0.3) is 0 Å². The molecule has 0 amide bonds. The van der Waals surface area contributed by atoms with Gasteiger partial charge in [0, 0.05) is 24.2 Å². The fraction of sp³-hybridized carbons (Fsp3) is 0.750. The van der Waals surface area contributed by atoms with Crippen LogP contribution >= 0.6 is 0 Å². The maximum absolute atomic E-state index is 5.69. The van der Waals surface area contributed by atoms with E-state index in [0.717, 1.165) is 18.8 Å². The van der Waals surface area contributed by atoms with E-state index in [-0.39, 0.29) is 0 Å². The first kappa shape index (κ1) is 15.5. The van der Waals surface area contributed by atoms with Crippen molar-refractivity contribution in [2.45, 2.75) is 51.9 Å². The number of rotatable bonds is 6. The summed E-state index contributed by atoms with van der Waals surface area (Å²) >= 11 is 0. The van der Waals surface area contributed by atoms with Gasteiger partial charge in [-0.3, -0.25) is 4.90 Å². The Morgan fingerprint density at radius 1 is 1.40 bits per heavy atom. The molecule has 2 heterocycles. The van der Waals surface area contributed by atoms with Gasteiger partial charge in [-0.15, -0.1) is 0 Å². The highest BCUT2D eigenvalue weighted by atomic mass is 16.3. The summed E-state index contributed by atoms with van der Waals surface area (Å²) < 4.78 is 5.69. The Bertz CT molecular complexity index is 394. The molecule has 1 N–H and O–H groups in total. The van der Waals surface area contributed by atoms with Crippen molar-refractivity contribution in [2.24, 2.45) is 0 Å². The van der Waals surface area contributed by atoms with Gasteiger partial charge in [-0.2, -0.15) is 0 Å². The van der Waals surface area contributed by atoms with Gasteiger partial charge in [0.2, 0.25) is 0 Å². The number of likely N-dealkylation sites (tertiary alicyclic amines) is 1. The van der Waals surface area contributed by atoms with Crippen molar-refractivity contribution in [3.8, 4) is 0 Å².